The van der Waals surface area contributed by atoms with Gasteiger partial charge in [0, 0.05) is 0 Å². The molecule has 0 saturated heterocycles. The molecule has 0 nitrogen and oxygen atoms in total. The summed E-state index contributed by atoms with van der Waals surface area (Å²) in [7, 11) is 2.45. The van der Waals surface area contributed by atoms with Gasteiger partial charge < -0.3 is 0 Å². The van der Waals surface area contributed by atoms with Gasteiger partial charge in [-0.2, -0.15) is 0 Å². The highest BCUT2D eigenvalue weighted by molar-refractivity contribution is 14.1. The molecule has 0 atom stereocenters. The van der Waals surface area contributed by atoms with E-state index < -0.39 is 0 Å². The Morgan fingerprint density at radius 2 is 1.35 bits per heavy atom. The van der Waals surface area contributed by atoms with Gasteiger partial charge in [-0.05, 0) is 22.6 Å². The van der Waals surface area contributed by atoms with Crippen LogP contribution in [0.1, 0.15) is 92.4 Å². The second-order valence-corrected chi connectivity index (χ2v) is 11.5. The maximum absolute atomic E-state index is 2.85. The molecule has 0 bridgehead atoms. The largest absolute Gasteiger partial charge is 0.227 e. The van der Waals surface area contributed by atoms with Crippen molar-refractivity contribution in [3.63, 3.8) is 0 Å². The van der Waals surface area contributed by atoms with E-state index >= 15 is 0 Å². The lowest BCUT2D eigenvalue weighted by molar-refractivity contribution is 0.151. The second kappa shape index (κ2) is 8.04. The van der Waals surface area contributed by atoms with Gasteiger partial charge in [-0.25, -0.2) is 0 Å². The molecule has 0 spiro atoms. The predicted octanol–water partition coefficient (Wildman–Crippen LogP) is 6.80. The van der Waals surface area contributed by atoms with E-state index in [0.29, 0.717) is 10.7 Å². The minimum absolute atomic E-state index is 0.526. The Morgan fingerprint density at radius 1 is 0.870 bits per heavy atom. The van der Waals surface area contributed by atoms with Gasteiger partial charge in [0.1, 0.15) is 7.85 Å². The van der Waals surface area contributed by atoms with Crippen LogP contribution in [0.3, 0.4) is 0 Å². The minimum Gasteiger partial charge on any atom is -0.149 e. The molecule has 0 aromatic rings. The Hall–Kier alpha value is 0.860. The molecular formula is C20H39B2I. The Morgan fingerprint density at radius 3 is 1.83 bits per heavy atom. The molecule has 0 N–H and O–H groups in total. The number of hydrogen-bond acceptors (Lipinski definition) is 0. The lowest BCUT2D eigenvalue weighted by Crippen LogP contribution is -2.37. The molecule has 0 aliphatic heterocycles. The molecule has 23 heavy (non-hydrogen) atoms. The molecular weight excluding hydrogens is 389 g/mol. The van der Waals surface area contributed by atoms with E-state index in [-0.39, 0.29) is 0 Å². The normalized spacial score (nSPS) is 33.5. The first-order valence-corrected chi connectivity index (χ1v) is 11.6. The van der Waals surface area contributed by atoms with E-state index in [1.807, 2.05) is 0 Å². The number of rotatable bonds is 5. The average Bonchev–Trinajstić information content (AvgIpc) is 2.54. The molecule has 3 heteroatoms. The van der Waals surface area contributed by atoms with E-state index in [1.54, 1.807) is 0 Å². The van der Waals surface area contributed by atoms with Gasteiger partial charge in [0.15, 0.2) is 0 Å². The lowest BCUT2D eigenvalue weighted by Gasteiger charge is -2.46. The molecule has 2 saturated carbocycles. The van der Waals surface area contributed by atoms with Crippen molar-refractivity contribution in [2.24, 2.45) is 17.3 Å². The van der Waals surface area contributed by atoms with Crippen LogP contribution >= 0.6 is 22.4 Å². The first kappa shape index (κ1) is 20.2. The van der Waals surface area contributed by atoms with Crippen molar-refractivity contribution in [2.75, 3.05) is 0 Å². The van der Waals surface area contributed by atoms with Crippen LogP contribution in [0, 0.1) is 17.3 Å². The minimum atomic E-state index is 0.526. The molecule has 2 rings (SSSR count). The monoisotopic (exact) mass is 428 g/mol. The lowest BCUT2D eigenvalue weighted by atomic mass is 9.39. The molecule has 0 radical (unpaired) electrons. The van der Waals surface area contributed by atoms with Crippen molar-refractivity contribution >= 4 is 34.8 Å². The smallest absolute Gasteiger partial charge is 0.149 e. The fraction of sp³-hybridized carbons (Fsp3) is 1.00. The summed E-state index contributed by atoms with van der Waals surface area (Å²) < 4.78 is 0.865. The molecule has 132 valence electrons. The third kappa shape index (κ3) is 4.73. The van der Waals surface area contributed by atoms with Crippen molar-refractivity contribution in [1.29, 1.82) is 0 Å². The molecule has 2 aliphatic carbocycles. The first-order chi connectivity index (χ1) is 10.7. The van der Waals surface area contributed by atoms with Crippen molar-refractivity contribution in [3.8, 4) is 0 Å². The van der Waals surface area contributed by atoms with Gasteiger partial charge in [0.05, 0.1) is 0 Å². The van der Waals surface area contributed by atoms with Gasteiger partial charge in [-0.3, -0.25) is 0 Å². The Kier molecular flexibility index (Phi) is 7.05. The quantitative estimate of drug-likeness (QED) is 0.334. The fourth-order valence-corrected chi connectivity index (χ4v) is 6.55. The number of hydrogen-bond donors (Lipinski definition) is 0. The zero-order valence-corrected chi connectivity index (χ0v) is 18.8. The predicted molar refractivity (Wildman–Crippen MR) is 118 cm³/mol. The van der Waals surface area contributed by atoms with Crippen molar-refractivity contribution in [2.45, 2.75) is 109 Å². The topological polar surface area (TPSA) is 0 Å². The SMILES string of the molecule is BC1CCC(C(C)(C)B(I)C2CCC(C(C)(C)CC)CC2)CC1. The highest BCUT2D eigenvalue weighted by Gasteiger charge is 2.45. The van der Waals surface area contributed by atoms with Crippen LogP contribution < -0.4 is 0 Å². The summed E-state index contributed by atoms with van der Waals surface area (Å²) in [4.78, 5) is 0. The maximum Gasteiger partial charge on any atom is 0.227 e. The first-order valence-electron chi connectivity index (χ1n) is 10.3. The van der Waals surface area contributed by atoms with Crippen LogP contribution in [0.25, 0.3) is 0 Å². The Bertz CT molecular complexity index is 364. The molecule has 2 fully saturated rings. The van der Waals surface area contributed by atoms with E-state index in [1.165, 1.54) is 57.8 Å². The molecule has 2 aliphatic rings. The van der Waals surface area contributed by atoms with Crippen molar-refractivity contribution in [3.05, 3.63) is 0 Å². The molecule has 0 aromatic carbocycles. The third-order valence-electron chi connectivity index (χ3n) is 7.98. The van der Waals surface area contributed by atoms with Crippen LogP contribution in [0.4, 0.5) is 0 Å². The third-order valence-corrected chi connectivity index (χ3v) is 10.6. The van der Waals surface area contributed by atoms with E-state index in [4.69, 9.17) is 0 Å². The standard InChI is InChI=1S/C20H39B2I/c1-6-19(2,3)15-9-13-18(14-10-15)22(23)20(4,5)16-7-11-17(21)12-8-16/h15-18H,6-14,21H2,1-5H3. The van der Waals surface area contributed by atoms with Gasteiger partial charge in [0.2, 0.25) is 4.57 Å². The summed E-state index contributed by atoms with van der Waals surface area (Å²) in [5, 5.41) is 0.526. The zero-order chi connectivity index (χ0) is 17.3. The molecule has 0 heterocycles. The van der Waals surface area contributed by atoms with Crippen LogP contribution in [0.5, 0.6) is 0 Å². The highest BCUT2D eigenvalue weighted by Crippen LogP contribution is 2.55. The van der Waals surface area contributed by atoms with Gasteiger partial charge in [0.25, 0.3) is 0 Å². The van der Waals surface area contributed by atoms with Crippen LogP contribution in [-0.2, 0) is 0 Å². The van der Waals surface area contributed by atoms with Gasteiger partial charge >= 0.3 is 0 Å². The second-order valence-electron chi connectivity index (χ2n) is 10.1. The van der Waals surface area contributed by atoms with E-state index in [0.717, 1.165) is 28.0 Å². The average molecular weight is 428 g/mol. The molecule has 0 aromatic heterocycles. The van der Waals surface area contributed by atoms with E-state index in [9.17, 15) is 0 Å². The zero-order valence-electron chi connectivity index (χ0n) is 16.6. The number of halogens is 1. The van der Waals surface area contributed by atoms with Crippen LogP contribution in [0.2, 0.25) is 16.9 Å². The Labute approximate surface area is 161 Å². The van der Waals surface area contributed by atoms with Gasteiger partial charge in [-0.1, -0.05) is 104 Å². The molecule has 0 amide bonds. The summed E-state index contributed by atoms with van der Waals surface area (Å²) >= 11 is 2.85. The fourth-order valence-electron chi connectivity index (χ4n) is 5.32. The highest BCUT2D eigenvalue weighted by atomic mass is 127. The summed E-state index contributed by atoms with van der Waals surface area (Å²) in [6.45, 7) is 12.5. The van der Waals surface area contributed by atoms with Gasteiger partial charge in [-0.15, -0.1) is 22.4 Å². The summed E-state index contributed by atoms with van der Waals surface area (Å²) in [6, 6.07) is 0. The van der Waals surface area contributed by atoms with Crippen molar-refractivity contribution < 1.29 is 0 Å². The Balaban J connectivity index is 1.92. The summed E-state index contributed by atoms with van der Waals surface area (Å²) in [5.74, 6) is 3.87. The summed E-state index contributed by atoms with van der Waals surface area (Å²) in [5.41, 5.74) is 0.556. The molecule has 0 unspecified atom stereocenters. The van der Waals surface area contributed by atoms with Crippen molar-refractivity contribution in [1.82, 2.24) is 0 Å². The van der Waals surface area contributed by atoms with Crippen LogP contribution in [-0.4, -0.2) is 12.4 Å². The van der Waals surface area contributed by atoms with E-state index in [2.05, 4.69) is 64.8 Å². The summed E-state index contributed by atoms with van der Waals surface area (Å²) in [6.07, 6.45) is 13.1. The van der Waals surface area contributed by atoms with Crippen LogP contribution in [0.15, 0.2) is 0 Å². The maximum atomic E-state index is 2.85.